The Labute approximate surface area is 96.6 Å². The van der Waals surface area contributed by atoms with Crippen LogP contribution >= 0.6 is 0 Å². The van der Waals surface area contributed by atoms with Crippen molar-refractivity contribution in [3.63, 3.8) is 0 Å². The number of carbonyl (C=O) groups is 1. The Balaban J connectivity index is 2.28. The molecule has 1 aromatic carbocycles. The summed E-state index contributed by atoms with van der Waals surface area (Å²) in [5, 5.41) is 0. The van der Waals surface area contributed by atoms with Crippen LogP contribution in [0.1, 0.15) is 37.8 Å². The maximum absolute atomic E-state index is 11.5. The Morgan fingerprint density at radius 1 is 1.38 bits per heavy atom. The van der Waals surface area contributed by atoms with Gasteiger partial charge in [0.25, 0.3) is 0 Å². The van der Waals surface area contributed by atoms with Crippen molar-refractivity contribution < 1.29 is 9.53 Å². The van der Waals surface area contributed by atoms with Gasteiger partial charge in [0.1, 0.15) is 11.5 Å². The molecule has 0 saturated heterocycles. The molecule has 1 aromatic rings. The average Bonchev–Trinajstić information content (AvgIpc) is 2.29. The fraction of sp³-hybridized carbons (Fsp3) is 0.500. The van der Waals surface area contributed by atoms with Gasteiger partial charge in [0.05, 0.1) is 6.10 Å². The highest BCUT2D eigenvalue weighted by Crippen LogP contribution is 2.29. The van der Waals surface area contributed by atoms with Gasteiger partial charge in [-0.25, -0.2) is 0 Å². The van der Waals surface area contributed by atoms with Crippen molar-refractivity contribution in [2.75, 3.05) is 0 Å². The first-order valence-corrected chi connectivity index (χ1v) is 5.99. The van der Waals surface area contributed by atoms with Gasteiger partial charge in [0.15, 0.2) is 0 Å². The zero-order chi connectivity index (χ0) is 11.5. The van der Waals surface area contributed by atoms with Crippen LogP contribution in [0.3, 0.4) is 0 Å². The van der Waals surface area contributed by atoms with E-state index in [-0.39, 0.29) is 6.10 Å². The van der Waals surface area contributed by atoms with Gasteiger partial charge in [-0.05, 0) is 31.4 Å². The molecular formula is C14H18O2. The van der Waals surface area contributed by atoms with E-state index >= 15 is 0 Å². The molecule has 0 bridgehead atoms. The molecule has 0 saturated carbocycles. The van der Waals surface area contributed by atoms with E-state index in [2.05, 4.69) is 19.9 Å². The molecular weight excluding hydrogens is 200 g/mol. The van der Waals surface area contributed by atoms with Gasteiger partial charge in [0, 0.05) is 18.4 Å². The van der Waals surface area contributed by atoms with E-state index < -0.39 is 0 Å². The van der Waals surface area contributed by atoms with Gasteiger partial charge in [-0.2, -0.15) is 0 Å². The first-order chi connectivity index (χ1) is 7.70. The molecule has 0 radical (unpaired) electrons. The van der Waals surface area contributed by atoms with E-state index in [1.807, 2.05) is 12.1 Å². The van der Waals surface area contributed by atoms with Gasteiger partial charge in [-0.15, -0.1) is 0 Å². The van der Waals surface area contributed by atoms with Crippen molar-refractivity contribution >= 4 is 5.78 Å². The van der Waals surface area contributed by atoms with Crippen molar-refractivity contribution in [1.29, 1.82) is 0 Å². The number of fused-ring (bicyclic) bond motifs is 1. The summed E-state index contributed by atoms with van der Waals surface area (Å²) in [4.78, 5) is 11.5. The lowest BCUT2D eigenvalue weighted by molar-refractivity contribution is -0.118. The predicted molar refractivity (Wildman–Crippen MR) is 63.9 cm³/mol. The lowest BCUT2D eigenvalue weighted by atomic mass is 9.90. The topological polar surface area (TPSA) is 26.3 Å². The fourth-order valence-electron chi connectivity index (χ4n) is 2.02. The first kappa shape index (κ1) is 11.2. The van der Waals surface area contributed by atoms with E-state index in [0.717, 1.165) is 24.2 Å². The van der Waals surface area contributed by atoms with Crippen LogP contribution in [0, 0.1) is 0 Å². The van der Waals surface area contributed by atoms with Crippen LogP contribution < -0.4 is 4.74 Å². The standard InChI is InChI=1S/C14H18O2/c1-3-10(2)16-14-6-4-5-11-7-8-12(15)9-13(11)14/h4-6,10H,3,7-9H2,1-2H3. The van der Waals surface area contributed by atoms with Crippen LogP contribution in [0.4, 0.5) is 0 Å². The molecule has 0 aromatic heterocycles. The highest BCUT2D eigenvalue weighted by atomic mass is 16.5. The lowest BCUT2D eigenvalue weighted by Gasteiger charge is -2.21. The number of ether oxygens (including phenoxy) is 1. The second-order valence-corrected chi connectivity index (χ2v) is 4.45. The molecule has 0 heterocycles. The molecule has 86 valence electrons. The van der Waals surface area contributed by atoms with Gasteiger partial charge in [0.2, 0.25) is 0 Å². The van der Waals surface area contributed by atoms with Crippen LogP contribution in [0.2, 0.25) is 0 Å². The van der Waals surface area contributed by atoms with E-state index in [9.17, 15) is 4.79 Å². The molecule has 1 aliphatic rings. The minimum absolute atomic E-state index is 0.212. The van der Waals surface area contributed by atoms with Crippen molar-refractivity contribution in [3.05, 3.63) is 29.3 Å². The summed E-state index contributed by atoms with van der Waals surface area (Å²) < 4.78 is 5.86. The quantitative estimate of drug-likeness (QED) is 0.779. The summed E-state index contributed by atoms with van der Waals surface area (Å²) in [6.07, 6.45) is 3.29. The third-order valence-electron chi connectivity index (χ3n) is 3.18. The summed E-state index contributed by atoms with van der Waals surface area (Å²) in [7, 11) is 0. The van der Waals surface area contributed by atoms with Crippen molar-refractivity contribution in [2.24, 2.45) is 0 Å². The number of hydrogen-bond donors (Lipinski definition) is 0. The lowest BCUT2D eigenvalue weighted by Crippen LogP contribution is -2.17. The minimum atomic E-state index is 0.212. The Morgan fingerprint density at radius 3 is 2.94 bits per heavy atom. The maximum Gasteiger partial charge on any atom is 0.137 e. The van der Waals surface area contributed by atoms with E-state index in [0.29, 0.717) is 18.6 Å². The fourth-order valence-corrected chi connectivity index (χ4v) is 2.02. The zero-order valence-electron chi connectivity index (χ0n) is 9.95. The average molecular weight is 218 g/mol. The molecule has 1 unspecified atom stereocenters. The van der Waals surface area contributed by atoms with Crippen LogP contribution in [-0.2, 0) is 17.6 Å². The highest BCUT2D eigenvalue weighted by molar-refractivity contribution is 5.84. The molecule has 0 aliphatic heterocycles. The van der Waals surface area contributed by atoms with Gasteiger partial charge < -0.3 is 4.74 Å². The highest BCUT2D eigenvalue weighted by Gasteiger charge is 2.19. The molecule has 16 heavy (non-hydrogen) atoms. The van der Waals surface area contributed by atoms with Crippen LogP contribution in [0.25, 0.3) is 0 Å². The number of rotatable bonds is 3. The number of hydrogen-bond acceptors (Lipinski definition) is 2. The molecule has 2 heteroatoms. The monoisotopic (exact) mass is 218 g/mol. The number of benzene rings is 1. The van der Waals surface area contributed by atoms with E-state index in [4.69, 9.17) is 4.74 Å². The molecule has 2 nitrogen and oxygen atoms in total. The number of ketones is 1. The second kappa shape index (κ2) is 4.69. The van der Waals surface area contributed by atoms with E-state index in [1.54, 1.807) is 0 Å². The normalized spacial score (nSPS) is 16.8. The summed E-state index contributed by atoms with van der Waals surface area (Å²) in [5.41, 5.74) is 2.39. The molecule has 0 amide bonds. The summed E-state index contributed by atoms with van der Waals surface area (Å²) in [5.74, 6) is 1.23. The Morgan fingerprint density at radius 2 is 2.19 bits per heavy atom. The van der Waals surface area contributed by atoms with Crippen molar-refractivity contribution in [3.8, 4) is 5.75 Å². The van der Waals surface area contributed by atoms with Gasteiger partial charge in [-0.3, -0.25) is 4.79 Å². The number of Topliss-reactive ketones (excluding diaryl/α,β-unsaturated/α-hetero) is 1. The maximum atomic E-state index is 11.5. The molecule has 1 atom stereocenters. The Kier molecular flexibility index (Phi) is 3.28. The molecule has 2 rings (SSSR count). The summed E-state index contributed by atoms with van der Waals surface area (Å²) in [6, 6.07) is 6.10. The van der Waals surface area contributed by atoms with Crippen molar-refractivity contribution in [2.45, 2.75) is 45.6 Å². The molecule has 1 aliphatic carbocycles. The van der Waals surface area contributed by atoms with Crippen LogP contribution in [-0.4, -0.2) is 11.9 Å². The zero-order valence-corrected chi connectivity index (χ0v) is 9.95. The summed E-state index contributed by atoms with van der Waals surface area (Å²) in [6.45, 7) is 4.16. The molecule has 0 spiro atoms. The third-order valence-corrected chi connectivity index (χ3v) is 3.18. The largest absolute Gasteiger partial charge is 0.490 e. The third kappa shape index (κ3) is 2.26. The first-order valence-electron chi connectivity index (χ1n) is 5.99. The second-order valence-electron chi connectivity index (χ2n) is 4.45. The van der Waals surface area contributed by atoms with Crippen LogP contribution in [0.15, 0.2) is 18.2 Å². The Hall–Kier alpha value is -1.31. The van der Waals surface area contributed by atoms with Crippen molar-refractivity contribution in [1.82, 2.24) is 0 Å². The van der Waals surface area contributed by atoms with Crippen LogP contribution in [0.5, 0.6) is 5.75 Å². The van der Waals surface area contributed by atoms with E-state index in [1.165, 1.54) is 5.56 Å². The predicted octanol–water partition coefficient (Wildman–Crippen LogP) is 2.92. The SMILES string of the molecule is CCC(C)Oc1cccc2c1CC(=O)CC2. The van der Waals surface area contributed by atoms with Gasteiger partial charge >= 0.3 is 0 Å². The number of carbonyl (C=O) groups excluding carboxylic acids is 1. The minimum Gasteiger partial charge on any atom is -0.490 e. The smallest absolute Gasteiger partial charge is 0.137 e. The number of aryl methyl sites for hydroxylation is 1. The Bertz CT molecular complexity index is 396. The summed E-state index contributed by atoms with van der Waals surface area (Å²) >= 11 is 0. The molecule has 0 N–H and O–H groups in total. The molecule has 0 fully saturated rings. The van der Waals surface area contributed by atoms with Gasteiger partial charge in [-0.1, -0.05) is 19.1 Å².